The number of carbonyl (C=O) groups excluding carboxylic acids is 2. The Morgan fingerprint density at radius 1 is 1.03 bits per heavy atom. The summed E-state index contributed by atoms with van der Waals surface area (Å²) in [6, 6.07) is 16.4. The van der Waals surface area contributed by atoms with E-state index >= 15 is 0 Å². The molecular formula is C27H30N2O5. The molecule has 7 heteroatoms. The predicted octanol–water partition coefficient (Wildman–Crippen LogP) is 3.87. The van der Waals surface area contributed by atoms with Gasteiger partial charge in [0.05, 0.1) is 5.92 Å². The van der Waals surface area contributed by atoms with Crippen LogP contribution in [0.2, 0.25) is 0 Å². The highest BCUT2D eigenvalue weighted by Gasteiger charge is 2.46. The van der Waals surface area contributed by atoms with E-state index in [9.17, 15) is 19.5 Å². The predicted molar refractivity (Wildman–Crippen MR) is 126 cm³/mol. The summed E-state index contributed by atoms with van der Waals surface area (Å²) < 4.78 is 5.58. The number of fused-ring (bicyclic) bond motifs is 3. The zero-order valence-electron chi connectivity index (χ0n) is 19.3. The summed E-state index contributed by atoms with van der Waals surface area (Å²) in [5, 5.41) is 12.0. The molecule has 0 bridgehead atoms. The topological polar surface area (TPSA) is 95.9 Å². The zero-order valence-corrected chi connectivity index (χ0v) is 19.3. The van der Waals surface area contributed by atoms with E-state index in [4.69, 9.17) is 4.74 Å². The zero-order chi connectivity index (χ0) is 23.8. The molecule has 2 N–H and O–H groups in total. The lowest BCUT2D eigenvalue weighted by atomic mass is 9.91. The lowest BCUT2D eigenvalue weighted by molar-refractivity contribution is -0.148. The average molecular weight is 463 g/mol. The third kappa shape index (κ3) is 4.27. The van der Waals surface area contributed by atoms with E-state index in [1.165, 1.54) is 22.3 Å². The summed E-state index contributed by atoms with van der Waals surface area (Å²) in [5.41, 5.74) is 4.72. The highest BCUT2D eigenvalue weighted by molar-refractivity contribution is 5.83. The van der Waals surface area contributed by atoms with Crippen molar-refractivity contribution in [2.24, 2.45) is 17.8 Å². The summed E-state index contributed by atoms with van der Waals surface area (Å²) in [7, 11) is 0. The number of nitrogens with zero attached hydrogens (tertiary/aromatic N) is 1. The minimum Gasteiger partial charge on any atom is -0.481 e. The van der Waals surface area contributed by atoms with Crippen molar-refractivity contribution in [3.05, 3.63) is 59.7 Å². The van der Waals surface area contributed by atoms with E-state index in [2.05, 4.69) is 29.6 Å². The molecule has 3 aliphatic rings. The number of rotatable bonds is 6. The number of carboxylic acid groups (broad SMARTS) is 1. The van der Waals surface area contributed by atoms with Gasteiger partial charge >= 0.3 is 12.1 Å². The molecule has 2 aromatic carbocycles. The Labute approximate surface area is 199 Å². The molecule has 2 aromatic rings. The largest absolute Gasteiger partial charge is 0.481 e. The summed E-state index contributed by atoms with van der Waals surface area (Å²) >= 11 is 0. The molecule has 1 saturated heterocycles. The van der Waals surface area contributed by atoms with Crippen molar-refractivity contribution in [2.45, 2.75) is 38.1 Å². The number of ether oxygens (including phenoxy) is 1. The maximum Gasteiger partial charge on any atom is 0.407 e. The summed E-state index contributed by atoms with van der Waals surface area (Å²) in [6.45, 7) is 3.08. The summed E-state index contributed by atoms with van der Waals surface area (Å²) in [4.78, 5) is 38.3. The van der Waals surface area contributed by atoms with Crippen molar-refractivity contribution in [1.29, 1.82) is 0 Å². The van der Waals surface area contributed by atoms with Gasteiger partial charge in [-0.3, -0.25) is 9.59 Å². The average Bonchev–Trinajstić information content (AvgIpc) is 3.56. The Morgan fingerprint density at radius 2 is 1.68 bits per heavy atom. The van der Waals surface area contributed by atoms with E-state index in [0.717, 1.165) is 6.42 Å². The first-order valence-corrected chi connectivity index (χ1v) is 12.1. The van der Waals surface area contributed by atoms with Gasteiger partial charge in [-0.25, -0.2) is 4.79 Å². The van der Waals surface area contributed by atoms with Crippen LogP contribution in [-0.2, 0) is 14.3 Å². The molecule has 0 radical (unpaired) electrons. The molecular weight excluding hydrogens is 432 g/mol. The van der Waals surface area contributed by atoms with Crippen LogP contribution in [0.25, 0.3) is 11.1 Å². The SMILES string of the molecule is C[C@@H]1C[C@H](C(=O)O)CCN1C(=O)C1CC1CNC(=O)OCC1c2ccccc2-c2ccccc21. The fraction of sp³-hybridized carbons (Fsp3) is 0.444. The van der Waals surface area contributed by atoms with Gasteiger partial charge in [-0.2, -0.15) is 0 Å². The van der Waals surface area contributed by atoms with Crippen LogP contribution in [0.5, 0.6) is 0 Å². The second-order valence-corrected chi connectivity index (χ2v) is 9.75. The van der Waals surface area contributed by atoms with Crippen molar-refractivity contribution >= 4 is 18.0 Å². The minimum atomic E-state index is -0.782. The number of alkyl carbamates (subject to hydrolysis) is 1. The van der Waals surface area contributed by atoms with Gasteiger partial charge in [0.15, 0.2) is 0 Å². The first-order chi connectivity index (χ1) is 16.4. The maximum absolute atomic E-state index is 12.9. The molecule has 34 heavy (non-hydrogen) atoms. The fourth-order valence-electron chi connectivity index (χ4n) is 5.58. The number of aliphatic carboxylic acids is 1. The van der Waals surface area contributed by atoms with E-state index in [1.54, 1.807) is 0 Å². The lowest BCUT2D eigenvalue weighted by Gasteiger charge is -2.36. The number of carbonyl (C=O) groups is 3. The third-order valence-electron chi connectivity index (χ3n) is 7.60. The number of carboxylic acids is 1. The van der Waals surface area contributed by atoms with E-state index in [-0.39, 0.29) is 42.2 Å². The van der Waals surface area contributed by atoms with Crippen molar-refractivity contribution in [2.75, 3.05) is 19.7 Å². The highest BCUT2D eigenvalue weighted by Crippen LogP contribution is 2.44. The first kappa shape index (κ1) is 22.4. The number of hydrogen-bond donors (Lipinski definition) is 2. The van der Waals surface area contributed by atoms with Crippen LogP contribution in [0.1, 0.15) is 43.2 Å². The summed E-state index contributed by atoms with van der Waals surface area (Å²) in [5.74, 6) is -1.05. The molecule has 1 heterocycles. The molecule has 2 aliphatic carbocycles. The standard InChI is InChI=1S/C27H30N2O5/c1-16-12-17(26(31)32)10-11-29(16)25(30)23-13-18(23)14-28-27(33)34-15-24-21-8-4-2-6-19(21)20-7-3-5-9-22(20)24/h2-9,16-18,23-24H,10-15H2,1H3,(H,28,33)(H,31,32)/t16-,17-,18?,23?/m1/s1. The second-order valence-electron chi connectivity index (χ2n) is 9.75. The Balaban J connectivity index is 1.10. The molecule has 1 saturated carbocycles. The van der Waals surface area contributed by atoms with Crippen LogP contribution < -0.4 is 5.32 Å². The number of nitrogens with one attached hydrogen (secondary N) is 1. The van der Waals surface area contributed by atoms with Crippen molar-refractivity contribution < 1.29 is 24.2 Å². The smallest absolute Gasteiger partial charge is 0.407 e. The normalized spacial score (nSPS) is 25.3. The number of hydrogen-bond acceptors (Lipinski definition) is 4. The maximum atomic E-state index is 12.9. The van der Waals surface area contributed by atoms with E-state index in [1.807, 2.05) is 36.1 Å². The minimum absolute atomic E-state index is 0.0172. The van der Waals surface area contributed by atoms with Gasteiger partial charge in [0.2, 0.25) is 5.91 Å². The quantitative estimate of drug-likeness (QED) is 0.679. The molecule has 5 rings (SSSR count). The Kier molecular flexibility index (Phi) is 6.02. The summed E-state index contributed by atoms with van der Waals surface area (Å²) in [6.07, 6.45) is 1.28. The van der Waals surface area contributed by atoms with Gasteiger partial charge in [-0.1, -0.05) is 48.5 Å². The molecule has 1 aliphatic heterocycles. The molecule has 2 unspecified atom stereocenters. The van der Waals surface area contributed by atoms with Crippen molar-refractivity contribution in [1.82, 2.24) is 10.2 Å². The molecule has 4 atom stereocenters. The van der Waals surface area contributed by atoms with Gasteiger partial charge in [0, 0.05) is 31.0 Å². The number of benzene rings is 2. The van der Waals surface area contributed by atoms with Crippen LogP contribution >= 0.6 is 0 Å². The van der Waals surface area contributed by atoms with Gasteiger partial charge < -0.3 is 20.1 Å². The van der Waals surface area contributed by atoms with Crippen LogP contribution in [0.4, 0.5) is 4.79 Å². The van der Waals surface area contributed by atoms with Crippen LogP contribution in [0.15, 0.2) is 48.5 Å². The van der Waals surface area contributed by atoms with Gasteiger partial charge in [-0.15, -0.1) is 0 Å². The highest BCUT2D eigenvalue weighted by atomic mass is 16.5. The molecule has 0 spiro atoms. The Bertz CT molecular complexity index is 1070. The van der Waals surface area contributed by atoms with Gasteiger partial charge in [0.1, 0.15) is 6.61 Å². The first-order valence-electron chi connectivity index (χ1n) is 12.1. The van der Waals surface area contributed by atoms with Crippen LogP contribution in [0, 0.1) is 17.8 Å². The number of piperidine rings is 1. The molecule has 178 valence electrons. The van der Waals surface area contributed by atoms with E-state index in [0.29, 0.717) is 25.9 Å². The molecule has 0 aromatic heterocycles. The Morgan fingerprint density at radius 3 is 2.29 bits per heavy atom. The molecule has 2 amide bonds. The second kappa shape index (κ2) is 9.12. The van der Waals surface area contributed by atoms with Gasteiger partial charge in [-0.05, 0) is 54.4 Å². The lowest BCUT2D eigenvalue weighted by Crippen LogP contribution is -2.47. The number of likely N-dealkylation sites (tertiary alicyclic amines) is 1. The van der Waals surface area contributed by atoms with Crippen LogP contribution in [-0.4, -0.2) is 53.7 Å². The third-order valence-corrected chi connectivity index (χ3v) is 7.60. The van der Waals surface area contributed by atoms with Gasteiger partial charge in [0.25, 0.3) is 0 Å². The number of amides is 2. The van der Waals surface area contributed by atoms with Crippen molar-refractivity contribution in [3.63, 3.8) is 0 Å². The monoisotopic (exact) mass is 462 g/mol. The van der Waals surface area contributed by atoms with E-state index < -0.39 is 12.1 Å². The Hall–Kier alpha value is -3.35. The molecule has 2 fully saturated rings. The molecule has 7 nitrogen and oxygen atoms in total. The van der Waals surface area contributed by atoms with Crippen molar-refractivity contribution in [3.8, 4) is 11.1 Å². The fourth-order valence-corrected chi connectivity index (χ4v) is 5.58. The van der Waals surface area contributed by atoms with Crippen LogP contribution in [0.3, 0.4) is 0 Å².